The van der Waals surface area contributed by atoms with Gasteiger partial charge in [-0.15, -0.1) is 0 Å². The Balaban J connectivity index is 3.03. The number of carbonyl (C=O) groups is 1. The number of nitrogens with zero attached hydrogens (tertiary/aromatic N) is 1. The zero-order valence-corrected chi connectivity index (χ0v) is 7.22. The summed E-state index contributed by atoms with van der Waals surface area (Å²) in [5.41, 5.74) is 0.351. The molecule has 0 saturated carbocycles. The molecule has 0 aliphatic heterocycles. The molecule has 55 valence electrons. The van der Waals surface area contributed by atoms with Gasteiger partial charge in [-0.05, 0) is 6.07 Å². The van der Waals surface area contributed by atoms with Crippen molar-refractivity contribution in [3.63, 3.8) is 0 Å². The lowest BCUT2D eigenvalue weighted by Gasteiger charge is -1.99. The summed E-state index contributed by atoms with van der Waals surface area (Å²) >= 11 is 5.68. The van der Waals surface area contributed by atoms with Crippen LogP contribution >= 0.6 is 11.6 Å². The van der Waals surface area contributed by atoms with E-state index in [4.69, 9.17) is 11.6 Å². The Morgan fingerprint density at radius 1 is 1.73 bits per heavy atom. The predicted molar refractivity (Wildman–Crippen MR) is 42.5 cm³/mol. The van der Waals surface area contributed by atoms with E-state index in [0.717, 1.165) is 0 Å². The maximum absolute atomic E-state index is 11.0. The summed E-state index contributed by atoms with van der Waals surface area (Å²) in [5.74, 6) is -0.306. The quantitative estimate of drug-likeness (QED) is 0.647. The Morgan fingerprint density at radius 2 is 2.45 bits per heavy atom. The molecular weight excluding hydrogens is 180 g/mol. The number of aromatic nitrogens is 1. The van der Waals surface area contributed by atoms with Gasteiger partial charge in [0, 0.05) is 12.4 Å². The molecular formula is C6H4ClN2OSi. The van der Waals surface area contributed by atoms with Crippen LogP contribution < -0.4 is 4.98 Å². The van der Waals surface area contributed by atoms with Crippen molar-refractivity contribution in [1.82, 2.24) is 9.97 Å². The molecule has 1 amide bonds. The molecule has 1 rings (SSSR count). The molecule has 0 fully saturated rings. The standard InChI is InChI=1S/C6H4ClN2OSi/c7-5-1-2-8-3-4(5)6(10)9-11/h1-3H,(H,9,10). The first-order chi connectivity index (χ1) is 5.25. The van der Waals surface area contributed by atoms with Crippen molar-refractivity contribution in [2.24, 2.45) is 0 Å². The Bertz CT molecular complexity index is 279. The SMILES string of the molecule is O=C(N[Si])c1cnccc1Cl. The number of rotatable bonds is 1. The predicted octanol–water partition coefficient (Wildman–Crippen LogP) is 0.548. The van der Waals surface area contributed by atoms with Crippen molar-refractivity contribution in [2.45, 2.75) is 0 Å². The number of carbonyl (C=O) groups excluding carboxylic acids is 1. The van der Waals surface area contributed by atoms with Gasteiger partial charge in [0.15, 0.2) is 10.4 Å². The van der Waals surface area contributed by atoms with Crippen LogP contribution in [-0.4, -0.2) is 21.3 Å². The Hall–Kier alpha value is -0.873. The van der Waals surface area contributed by atoms with E-state index in [-0.39, 0.29) is 5.91 Å². The normalized spacial score (nSPS) is 9.27. The van der Waals surface area contributed by atoms with Gasteiger partial charge in [0.2, 0.25) is 5.91 Å². The summed E-state index contributed by atoms with van der Waals surface area (Å²) in [6.45, 7) is 0. The molecule has 0 atom stereocenters. The topological polar surface area (TPSA) is 42.0 Å². The minimum Gasteiger partial charge on any atom is -0.379 e. The van der Waals surface area contributed by atoms with Crippen LogP contribution in [0.25, 0.3) is 0 Å². The number of nitrogens with one attached hydrogen (secondary N) is 1. The highest BCUT2D eigenvalue weighted by Gasteiger charge is 2.06. The molecule has 0 aliphatic rings. The summed E-state index contributed by atoms with van der Waals surface area (Å²) in [6, 6.07) is 1.55. The first kappa shape index (κ1) is 8.23. The van der Waals surface area contributed by atoms with Crippen molar-refractivity contribution in [1.29, 1.82) is 0 Å². The van der Waals surface area contributed by atoms with Gasteiger partial charge in [-0.3, -0.25) is 9.78 Å². The van der Waals surface area contributed by atoms with E-state index >= 15 is 0 Å². The lowest BCUT2D eigenvalue weighted by Crippen LogP contribution is -2.19. The largest absolute Gasteiger partial charge is 0.379 e. The molecule has 11 heavy (non-hydrogen) atoms. The molecule has 0 spiro atoms. The van der Waals surface area contributed by atoms with Crippen molar-refractivity contribution in [3.05, 3.63) is 29.0 Å². The average molecular weight is 184 g/mol. The van der Waals surface area contributed by atoms with Crippen LogP contribution in [0.3, 0.4) is 0 Å². The molecule has 0 bridgehead atoms. The summed E-state index contributed by atoms with van der Waals surface area (Å²) in [4.78, 5) is 17.0. The van der Waals surface area contributed by atoms with E-state index in [0.29, 0.717) is 10.6 Å². The first-order valence-electron chi connectivity index (χ1n) is 2.82. The van der Waals surface area contributed by atoms with Crippen LogP contribution in [0.4, 0.5) is 0 Å². The van der Waals surface area contributed by atoms with Crippen molar-refractivity contribution >= 4 is 27.9 Å². The van der Waals surface area contributed by atoms with Crippen LogP contribution in [0.1, 0.15) is 10.4 Å². The van der Waals surface area contributed by atoms with Gasteiger partial charge < -0.3 is 4.98 Å². The van der Waals surface area contributed by atoms with Gasteiger partial charge in [0.05, 0.1) is 10.6 Å². The highest BCUT2D eigenvalue weighted by atomic mass is 35.5. The smallest absolute Gasteiger partial charge is 0.246 e. The average Bonchev–Trinajstić information content (AvgIpc) is 2.04. The second kappa shape index (κ2) is 3.50. The maximum atomic E-state index is 11.0. The van der Waals surface area contributed by atoms with E-state index in [1.54, 1.807) is 6.07 Å². The van der Waals surface area contributed by atoms with E-state index < -0.39 is 0 Å². The molecule has 0 aliphatic carbocycles. The molecule has 3 nitrogen and oxygen atoms in total. The van der Waals surface area contributed by atoms with Gasteiger partial charge in [0.1, 0.15) is 0 Å². The van der Waals surface area contributed by atoms with Crippen LogP contribution in [0.5, 0.6) is 0 Å². The molecule has 3 radical (unpaired) electrons. The van der Waals surface area contributed by atoms with Crippen LogP contribution in [-0.2, 0) is 0 Å². The molecule has 0 unspecified atom stereocenters. The van der Waals surface area contributed by atoms with Crippen molar-refractivity contribution < 1.29 is 4.79 Å². The third-order valence-corrected chi connectivity index (χ3v) is 1.68. The van der Waals surface area contributed by atoms with Gasteiger partial charge in [-0.1, -0.05) is 11.6 Å². The molecule has 0 aromatic carbocycles. The van der Waals surface area contributed by atoms with Crippen LogP contribution in [0, 0.1) is 0 Å². The van der Waals surface area contributed by atoms with E-state index in [2.05, 4.69) is 20.4 Å². The minimum atomic E-state index is -0.306. The van der Waals surface area contributed by atoms with Gasteiger partial charge >= 0.3 is 0 Å². The minimum absolute atomic E-state index is 0.306. The molecule has 1 heterocycles. The summed E-state index contributed by atoms with van der Waals surface area (Å²) in [5, 5.41) is 0.385. The highest BCUT2D eigenvalue weighted by Crippen LogP contribution is 2.12. The third kappa shape index (κ3) is 1.78. The number of hydrogen-bond donors (Lipinski definition) is 1. The molecule has 1 aromatic heterocycles. The molecule has 1 N–H and O–H groups in total. The second-order valence-electron chi connectivity index (χ2n) is 1.81. The monoisotopic (exact) mass is 183 g/mol. The molecule has 0 saturated heterocycles. The Labute approximate surface area is 72.3 Å². The van der Waals surface area contributed by atoms with Gasteiger partial charge in [-0.25, -0.2) is 0 Å². The molecule has 5 heteroatoms. The summed E-state index contributed by atoms with van der Waals surface area (Å²) < 4.78 is 0. The summed E-state index contributed by atoms with van der Waals surface area (Å²) in [6.07, 6.45) is 2.92. The van der Waals surface area contributed by atoms with Crippen LogP contribution in [0.2, 0.25) is 5.02 Å². The fourth-order valence-corrected chi connectivity index (χ4v) is 0.938. The fourth-order valence-electron chi connectivity index (χ4n) is 0.612. The zero-order chi connectivity index (χ0) is 8.27. The number of halogens is 1. The zero-order valence-electron chi connectivity index (χ0n) is 5.47. The number of pyridine rings is 1. The van der Waals surface area contributed by atoms with E-state index in [1.165, 1.54) is 12.4 Å². The first-order valence-corrected chi connectivity index (χ1v) is 3.70. The van der Waals surface area contributed by atoms with Gasteiger partial charge in [-0.2, -0.15) is 0 Å². The Kier molecular flexibility index (Phi) is 2.62. The summed E-state index contributed by atoms with van der Waals surface area (Å²) in [7, 11) is 2.85. The van der Waals surface area contributed by atoms with E-state index in [9.17, 15) is 4.79 Å². The number of amides is 1. The highest BCUT2D eigenvalue weighted by molar-refractivity contribution is 6.34. The lowest BCUT2D eigenvalue weighted by molar-refractivity contribution is 0.0981. The second-order valence-corrected chi connectivity index (χ2v) is 2.47. The lowest BCUT2D eigenvalue weighted by atomic mass is 10.3. The van der Waals surface area contributed by atoms with Gasteiger partial charge in [0.25, 0.3) is 0 Å². The maximum Gasteiger partial charge on any atom is 0.246 e. The van der Waals surface area contributed by atoms with E-state index in [1.807, 2.05) is 0 Å². The van der Waals surface area contributed by atoms with Crippen molar-refractivity contribution in [3.8, 4) is 0 Å². The number of hydrogen-bond acceptors (Lipinski definition) is 2. The third-order valence-electron chi connectivity index (χ3n) is 1.13. The fraction of sp³-hybridized carbons (Fsp3) is 0. The van der Waals surface area contributed by atoms with Crippen molar-refractivity contribution in [2.75, 3.05) is 0 Å². The Morgan fingerprint density at radius 3 is 3.00 bits per heavy atom. The van der Waals surface area contributed by atoms with Crippen LogP contribution in [0.15, 0.2) is 18.5 Å². The molecule has 1 aromatic rings.